The van der Waals surface area contributed by atoms with Gasteiger partial charge in [0.15, 0.2) is 0 Å². The minimum absolute atomic E-state index is 0.121. The molecule has 1 aliphatic rings. The van der Waals surface area contributed by atoms with Crippen LogP contribution in [0.1, 0.15) is 24.3 Å². The summed E-state index contributed by atoms with van der Waals surface area (Å²) >= 11 is 13.2. The number of H-pyrrole nitrogens is 1. The lowest BCUT2D eigenvalue weighted by Crippen LogP contribution is -2.32. The van der Waals surface area contributed by atoms with E-state index in [1.807, 2.05) is 30.4 Å². The molecular weight excluding hydrogens is 404 g/mol. The Morgan fingerprint density at radius 3 is 3.00 bits per heavy atom. The Morgan fingerprint density at radius 2 is 2.22 bits per heavy atom. The SMILES string of the molecule is CC1(C)Cc2c(sc3c2c(=O)n(-c2cccc(Cl)c2)c2n[nH]c(=S)n32)CO1. The van der Waals surface area contributed by atoms with Crippen LogP contribution in [0.25, 0.3) is 21.7 Å². The molecular formula is C18H15ClN4O2S2. The number of halogens is 1. The van der Waals surface area contributed by atoms with E-state index in [-0.39, 0.29) is 11.2 Å². The van der Waals surface area contributed by atoms with E-state index in [1.54, 1.807) is 28.0 Å². The maximum atomic E-state index is 13.6. The number of fused-ring (bicyclic) bond motifs is 5. The normalized spacial score (nSPS) is 16.1. The van der Waals surface area contributed by atoms with Crippen LogP contribution in [0.2, 0.25) is 5.02 Å². The molecule has 0 radical (unpaired) electrons. The van der Waals surface area contributed by atoms with Crippen LogP contribution in [0.5, 0.6) is 0 Å². The Balaban J connectivity index is 1.98. The first-order valence-corrected chi connectivity index (χ1v) is 10.0. The Morgan fingerprint density at radius 1 is 1.41 bits per heavy atom. The smallest absolute Gasteiger partial charge is 0.268 e. The molecule has 1 aliphatic heterocycles. The van der Waals surface area contributed by atoms with Gasteiger partial charge in [-0.15, -0.1) is 16.4 Å². The zero-order valence-electron chi connectivity index (χ0n) is 14.6. The molecule has 0 fully saturated rings. The second-order valence-electron chi connectivity index (χ2n) is 7.19. The van der Waals surface area contributed by atoms with Crippen molar-refractivity contribution in [1.29, 1.82) is 0 Å². The first kappa shape index (κ1) is 17.1. The van der Waals surface area contributed by atoms with Crippen molar-refractivity contribution in [2.24, 2.45) is 0 Å². The van der Waals surface area contributed by atoms with Gasteiger partial charge in [-0.3, -0.25) is 4.79 Å². The molecule has 0 atom stereocenters. The van der Waals surface area contributed by atoms with E-state index in [9.17, 15) is 4.79 Å². The van der Waals surface area contributed by atoms with Crippen molar-refractivity contribution in [3.05, 3.63) is 54.9 Å². The Labute approximate surface area is 168 Å². The van der Waals surface area contributed by atoms with E-state index in [2.05, 4.69) is 10.2 Å². The highest BCUT2D eigenvalue weighted by molar-refractivity contribution is 7.71. The standard InChI is InChI=1S/C18H15ClN4O2S2/c1-18(2)7-11-12(8-25-18)27-15-13(11)14(24)22(10-5-3-4-9(19)6-10)16-20-21-17(26)23(15)16/h3-6H,7-8H2,1-2H3,(H,21,26). The van der Waals surface area contributed by atoms with Crippen molar-refractivity contribution in [1.82, 2.24) is 19.2 Å². The molecule has 3 aromatic heterocycles. The highest BCUT2D eigenvalue weighted by Crippen LogP contribution is 2.38. The molecule has 6 nitrogen and oxygen atoms in total. The third-order valence-electron chi connectivity index (χ3n) is 4.81. The van der Waals surface area contributed by atoms with E-state index >= 15 is 0 Å². The van der Waals surface area contributed by atoms with Crippen molar-refractivity contribution >= 4 is 51.1 Å². The monoisotopic (exact) mass is 418 g/mol. The fraction of sp³-hybridized carbons (Fsp3) is 0.278. The molecule has 0 amide bonds. The molecule has 27 heavy (non-hydrogen) atoms. The molecule has 0 saturated carbocycles. The summed E-state index contributed by atoms with van der Waals surface area (Å²) in [6, 6.07) is 7.17. The summed E-state index contributed by atoms with van der Waals surface area (Å²) in [4.78, 5) is 15.5. The van der Waals surface area contributed by atoms with Crippen molar-refractivity contribution in [2.45, 2.75) is 32.5 Å². The molecule has 1 aromatic carbocycles. The lowest BCUT2D eigenvalue weighted by molar-refractivity contribution is -0.0379. The maximum absolute atomic E-state index is 13.6. The first-order chi connectivity index (χ1) is 12.9. The molecule has 138 valence electrons. The fourth-order valence-corrected chi connectivity index (χ4v) is 5.28. The van der Waals surface area contributed by atoms with Crippen molar-refractivity contribution in [2.75, 3.05) is 0 Å². The zero-order chi connectivity index (χ0) is 18.9. The minimum atomic E-state index is -0.318. The maximum Gasteiger partial charge on any atom is 0.268 e. The van der Waals surface area contributed by atoms with Crippen LogP contribution in [-0.2, 0) is 17.8 Å². The lowest BCUT2D eigenvalue weighted by Gasteiger charge is -2.29. The topological polar surface area (TPSA) is 64.3 Å². The van der Waals surface area contributed by atoms with Gasteiger partial charge < -0.3 is 4.74 Å². The second-order valence-corrected chi connectivity index (χ2v) is 9.10. The van der Waals surface area contributed by atoms with Crippen LogP contribution >= 0.6 is 35.2 Å². The van der Waals surface area contributed by atoms with E-state index in [0.717, 1.165) is 15.3 Å². The third kappa shape index (κ3) is 2.51. The predicted molar refractivity (Wildman–Crippen MR) is 109 cm³/mol. The average Bonchev–Trinajstić information content (AvgIpc) is 3.15. The predicted octanol–water partition coefficient (Wildman–Crippen LogP) is 4.26. The summed E-state index contributed by atoms with van der Waals surface area (Å²) in [5.74, 6) is 0.443. The minimum Gasteiger partial charge on any atom is -0.370 e. The summed E-state index contributed by atoms with van der Waals surface area (Å²) in [7, 11) is 0. The van der Waals surface area contributed by atoms with E-state index in [0.29, 0.717) is 39.7 Å². The summed E-state index contributed by atoms with van der Waals surface area (Å²) < 4.78 is 9.78. The molecule has 0 saturated heterocycles. The number of aromatic nitrogens is 4. The van der Waals surface area contributed by atoms with Gasteiger partial charge >= 0.3 is 0 Å². The lowest BCUT2D eigenvalue weighted by atomic mass is 9.94. The third-order valence-corrected chi connectivity index (χ3v) is 6.51. The van der Waals surface area contributed by atoms with Gasteiger partial charge in [0.2, 0.25) is 10.5 Å². The molecule has 9 heteroatoms. The van der Waals surface area contributed by atoms with E-state index in [1.165, 1.54) is 0 Å². The molecule has 0 bridgehead atoms. The van der Waals surface area contributed by atoms with Crippen LogP contribution < -0.4 is 5.56 Å². The number of hydrogen-bond donors (Lipinski definition) is 1. The number of benzene rings is 1. The summed E-state index contributed by atoms with van der Waals surface area (Å²) in [6.07, 6.45) is 0.670. The van der Waals surface area contributed by atoms with Gasteiger partial charge in [-0.25, -0.2) is 14.1 Å². The van der Waals surface area contributed by atoms with Gasteiger partial charge in [-0.2, -0.15) is 0 Å². The number of nitrogens with zero attached hydrogens (tertiary/aromatic N) is 3. The largest absolute Gasteiger partial charge is 0.370 e. The Kier molecular flexibility index (Phi) is 3.64. The Bertz CT molecular complexity index is 1350. The quantitative estimate of drug-likeness (QED) is 0.469. The molecule has 4 heterocycles. The zero-order valence-corrected chi connectivity index (χ0v) is 17.0. The van der Waals surface area contributed by atoms with Gasteiger partial charge in [0.1, 0.15) is 4.83 Å². The van der Waals surface area contributed by atoms with Crippen molar-refractivity contribution in [3.63, 3.8) is 0 Å². The molecule has 1 N–H and O–H groups in total. The number of hydrogen-bond acceptors (Lipinski definition) is 5. The van der Waals surface area contributed by atoms with Gasteiger partial charge in [0.05, 0.1) is 23.3 Å². The summed E-state index contributed by atoms with van der Waals surface area (Å²) in [5.41, 5.74) is 1.25. The van der Waals surface area contributed by atoms with Crippen molar-refractivity contribution in [3.8, 4) is 5.69 Å². The van der Waals surface area contributed by atoms with Crippen LogP contribution in [0, 0.1) is 4.77 Å². The number of ether oxygens (including phenoxy) is 1. The summed E-state index contributed by atoms with van der Waals surface area (Å²) in [6.45, 7) is 4.57. The van der Waals surface area contributed by atoms with Crippen molar-refractivity contribution < 1.29 is 4.74 Å². The molecule has 0 aliphatic carbocycles. The van der Waals surface area contributed by atoms with Gasteiger partial charge in [-0.05, 0) is 49.8 Å². The summed E-state index contributed by atoms with van der Waals surface area (Å²) in [5, 5.41) is 8.35. The Hall–Kier alpha value is -2.00. The second kappa shape index (κ2) is 5.75. The van der Waals surface area contributed by atoms with E-state index < -0.39 is 0 Å². The average molecular weight is 419 g/mol. The molecule has 4 aromatic rings. The number of aromatic amines is 1. The highest BCUT2D eigenvalue weighted by Gasteiger charge is 2.32. The number of thiophene rings is 1. The number of nitrogens with one attached hydrogen (secondary N) is 1. The fourth-order valence-electron chi connectivity index (χ4n) is 3.59. The van der Waals surface area contributed by atoms with Crippen LogP contribution in [0.4, 0.5) is 0 Å². The van der Waals surface area contributed by atoms with Gasteiger partial charge in [-0.1, -0.05) is 17.7 Å². The molecule has 0 unspecified atom stereocenters. The molecule has 5 rings (SSSR count). The van der Waals surface area contributed by atoms with Crippen LogP contribution in [0.15, 0.2) is 29.1 Å². The van der Waals surface area contributed by atoms with Gasteiger partial charge in [0, 0.05) is 16.3 Å². The van der Waals surface area contributed by atoms with Crippen LogP contribution in [-0.4, -0.2) is 24.8 Å². The first-order valence-electron chi connectivity index (χ1n) is 8.42. The van der Waals surface area contributed by atoms with E-state index in [4.69, 9.17) is 28.6 Å². The number of rotatable bonds is 1. The molecule has 0 spiro atoms. The highest BCUT2D eigenvalue weighted by atomic mass is 35.5. The van der Waals surface area contributed by atoms with Gasteiger partial charge in [0.25, 0.3) is 5.56 Å². The van der Waals surface area contributed by atoms with Crippen LogP contribution in [0.3, 0.4) is 0 Å².